The van der Waals surface area contributed by atoms with Crippen molar-refractivity contribution in [3.8, 4) is 5.75 Å². The number of rotatable bonds is 6. The zero-order chi connectivity index (χ0) is 23.4. The van der Waals surface area contributed by atoms with Gasteiger partial charge in [-0.15, -0.1) is 0 Å². The van der Waals surface area contributed by atoms with E-state index in [0.29, 0.717) is 32.0 Å². The van der Waals surface area contributed by atoms with Crippen molar-refractivity contribution in [2.45, 2.75) is 59.0 Å². The third-order valence-electron chi connectivity index (χ3n) is 5.50. The van der Waals surface area contributed by atoms with Crippen LogP contribution in [0.15, 0.2) is 71.7 Å². The Kier molecular flexibility index (Phi) is 6.54. The molecule has 0 saturated carbocycles. The highest BCUT2D eigenvalue weighted by Gasteiger charge is 2.27. The van der Waals surface area contributed by atoms with E-state index in [9.17, 15) is 9.59 Å². The minimum absolute atomic E-state index is 0.0853. The average molecular weight is 447 g/mol. The highest BCUT2D eigenvalue weighted by atomic mass is 16.6. The summed E-state index contributed by atoms with van der Waals surface area (Å²) >= 11 is 0. The molecule has 172 valence electrons. The van der Waals surface area contributed by atoms with E-state index in [-0.39, 0.29) is 11.7 Å². The van der Waals surface area contributed by atoms with E-state index in [4.69, 9.17) is 9.47 Å². The number of carbonyl (C=O) groups is 1. The maximum absolute atomic E-state index is 12.5. The summed E-state index contributed by atoms with van der Waals surface area (Å²) in [5.41, 5.74) is 3.88. The molecule has 4 rings (SSSR count). The Hall–Kier alpha value is -3.54. The van der Waals surface area contributed by atoms with Crippen LogP contribution in [0.4, 0.5) is 4.79 Å². The molecule has 1 amide bonds. The van der Waals surface area contributed by atoms with E-state index in [1.54, 1.807) is 15.7 Å². The zero-order valence-corrected chi connectivity index (χ0v) is 19.4. The Morgan fingerprint density at radius 3 is 2.42 bits per heavy atom. The van der Waals surface area contributed by atoms with Gasteiger partial charge < -0.3 is 14.0 Å². The average Bonchev–Trinajstić information content (AvgIpc) is 3.20. The quantitative estimate of drug-likeness (QED) is 0.539. The lowest BCUT2D eigenvalue weighted by atomic mass is 10.0. The van der Waals surface area contributed by atoms with E-state index in [1.165, 1.54) is 6.07 Å². The first kappa shape index (κ1) is 22.6. The molecule has 0 saturated heterocycles. The van der Waals surface area contributed by atoms with E-state index in [0.717, 1.165) is 28.7 Å². The number of fused-ring (bicyclic) bond motifs is 1. The van der Waals surface area contributed by atoms with Crippen molar-refractivity contribution >= 4 is 6.09 Å². The molecule has 1 aromatic heterocycles. The van der Waals surface area contributed by atoms with Crippen LogP contribution in [-0.4, -0.2) is 21.2 Å². The largest absolute Gasteiger partial charge is 0.489 e. The van der Waals surface area contributed by atoms with Gasteiger partial charge in [-0.1, -0.05) is 48.5 Å². The number of nitrogens with zero attached hydrogens (tertiary/aromatic N) is 2. The van der Waals surface area contributed by atoms with Gasteiger partial charge in [0.05, 0.1) is 0 Å². The SMILES string of the molecule is CC(C)(C)OC(=O)N1Cc2ccc(CCn3ccc(OCc4ccccc4)cc3=O)cc2C1. The predicted molar refractivity (Wildman–Crippen MR) is 127 cm³/mol. The number of benzene rings is 2. The zero-order valence-electron chi connectivity index (χ0n) is 19.4. The van der Waals surface area contributed by atoms with Crippen molar-refractivity contribution in [3.63, 3.8) is 0 Å². The molecule has 3 aromatic rings. The van der Waals surface area contributed by atoms with Crippen LogP contribution in [-0.2, 0) is 37.4 Å². The fraction of sp³-hybridized carbons (Fsp3) is 0.333. The van der Waals surface area contributed by atoms with Gasteiger partial charge in [0.25, 0.3) is 5.56 Å². The second-order valence-corrected chi connectivity index (χ2v) is 9.36. The second-order valence-electron chi connectivity index (χ2n) is 9.36. The molecule has 0 N–H and O–H groups in total. The van der Waals surface area contributed by atoms with Gasteiger partial charge in [-0.3, -0.25) is 9.69 Å². The molecule has 2 heterocycles. The highest BCUT2D eigenvalue weighted by molar-refractivity contribution is 5.69. The van der Waals surface area contributed by atoms with Gasteiger partial charge in [-0.25, -0.2) is 4.79 Å². The molecule has 6 heteroatoms. The number of pyridine rings is 1. The number of hydrogen-bond acceptors (Lipinski definition) is 4. The van der Waals surface area contributed by atoms with Crippen molar-refractivity contribution in [1.29, 1.82) is 0 Å². The Bertz CT molecular complexity index is 1180. The summed E-state index contributed by atoms with van der Waals surface area (Å²) < 4.78 is 12.9. The van der Waals surface area contributed by atoms with Crippen LogP contribution in [0.1, 0.15) is 43.0 Å². The topological polar surface area (TPSA) is 60.8 Å². The molecule has 0 fully saturated rings. The van der Waals surface area contributed by atoms with Gasteiger partial charge in [-0.05, 0) is 55.5 Å². The maximum Gasteiger partial charge on any atom is 0.410 e. The van der Waals surface area contributed by atoms with Crippen molar-refractivity contribution in [1.82, 2.24) is 9.47 Å². The Morgan fingerprint density at radius 2 is 1.70 bits per heavy atom. The first-order chi connectivity index (χ1) is 15.8. The molecule has 1 aliphatic heterocycles. The van der Waals surface area contributed by atoms with Crippen LogP contribution in [0.3, 0.4) is 0 Å². The molecule has 0 unspecified atom stereocenters. The standard InChI is InChI=1S/C27H30N2O4/c1-27(2,3)33-26(31)29-17-22-10-9-20(15-23(22)18-29)11-13-28-14-12-24(16-25(28)30)32-19-21-7-5-4-6-8-21/h4-10,12,14-16H,11,13,17-19H2,1-3H3. The molecular formula is C27H30N2O4. The van der Waals surface area contributed by atoms with Crippen molar-refractivity contribution in [2.75, 3.05) is 0 Å². The number of hydrogen-bond donors (Lipinski definition) is 0. The molecule has 0 bridgehead atoms. The predicted octanol–water partition coefficient (Wildman–Crippen LogP) is 4.92. The second kappa shape index (κ2) is 9.53. The van der Waals surface area contributed by atoms with Gasteiger partial charge in [-0.2, -0.15) is 0 Å². The van der Waals surface area contributed by atoms with E-state index in [1.807, 2.05) is 57.2 Å². The Balaban J connectivity index is 1.33. The molecule has 0 aliphatic carbocycles. The van der Waals surface area contributed by atoms with Crippen LogP contribution >= 0.6 is 0 Å². The lowest BCUT2D eigenvalue weighted by molar-refractivity contribution is 0.0242. The number of aryl methyl sites for hydroxylation is 2. The van der Waals surface area contributed by atoms with Crippen molar-refractivity contribution in [2.24, 2.45) is 0 Å². The number of amides is 1. The Labute approximate surface area is 194 Å². The molecule has 0 spiro atoms. The van der Waals surface area contributed by atoms with Gasteiger partial charge in [0.2, 0.25) is 0 Å². The third-order valence-corrected chi connectivity index (χ3v) is 5.50. The van der Waals surface area contributed by atoms with Crippen LogP contribution < -0.4 is 10.3 Å². The monoisotopic (exact) mass is 446 g/mol. The van der Waals surface area contributed by atoms with E-state index in [2.05, 4.69) is 18.2 Å². The van der Waals surface area contributed by atoms with Gasteiger partial charge >= 0.3 is 6.09 Å². The first-order valence-corrected chi connectivity index (χ1v) is 11.2. The molecule has 2 aromatic carbocycles. The van der Waals surface area contributed by atoms with Crippen LogP contribution in [0.25, 0.3) is 0 Å². The normalized spacial score (nSPS) is 13.0. The van der Waals surface area contributed by atoms with Crippen molar-refractivity contribution < 1.29 is 14.3 Å². The minimum Gasteiger partial charge on any atom is -0.489 e. The summed E-state index contributed by atoms with van der Waals surface area (Å²) in [5.74, 6) is 0.569. The molecule has 1 aliphatic rings. The summed E-state index contributed by atoms with van der Waals surface area (Å²) in [7, 11) is 0. The van der Waals surface area contributed by atoms with E-state index >= 15 is 0 Å². The van der Waals surface area contributed by atoms with Crippen LogP contribution in [0.5, 0.6) is 5.75 Å². The molecule has 33 heavy (non-hydrogen) atoms. The number of aromatic nitrogens is 1. The summed E-state index contributed by atoms with van der Waals surface area (Å²) in [6, 6.07) is 19.5. The summed E-state index contributed by atoms with van der Waals surface area (Å²) in [5, 5.41) is 0. The van der Waals surface area contributed by atoms with Crippen LogP contribution in [0.2, 0.25) is 0 Å². The minimum atomic E-state index is -0.508. The molecule has 0 radical (unpaired) electrons. The smallest absolute Gasteiger partial charge is 0.410 e. The lowest BCUT2D eigenvalue weighted by Crippen LogP contribution is -2.33. The lowest BCUT2D eigenvalue weighted by Gasteiger charge is -2.24. The van der Waals surface area contributed by atoms with Gasteiger partial charge in [0, 0.05) is 31.9 Å². The first-order valence-electron chi connectivity index (χ1n) is 11.2. The summed E-state index contributed by atoms with van der Waals surface area (Å²) in [6.07, 6.45) is 2.21. The fourth-order valence-electron chi connectivity index (χ4n) is 3.81. The number of carbonyl (C=O) groups excluding carboxylic acids is 1. The Morgan fingerprint density at radius 1 is 0.939 bits per heavy atom. The van der Waals surface area contributed by atoms with E-state index < -0.39 is 5.60 Å². The fourth-order valence-corrected chi connectivity index (χ4v) is 3.81. The summed E-state index contributed by atoms with van der Waals surface area (Å²) in [4.78, 5) is 26.6. The number of ether oxygens (including phenoxy) is 2. The maximum atomic E-state index is 12.5. The summed E-state index contributed by atoms with van der Waals surface area (Å²) in [6.45, 7) is 7.73. The third kappa shape index (κ3) is 6.04. The molecular weight excluding hydrogens is 416 g/mol. The molecule has 0 atom stereocenters. The van der Waals surface area contributed by atoms with Crippen molar-refractivity contribution in [3.05, 3.63) is 99.5 Å². The highest BCUT2D eigenvalue weighted by Crippen LogP contribution is 2.26. The van der Waals surface area contributed by atoms with Gasteiger partial charge in [0.15, 0.2) is 0 Å². The van der Waals surface area contributed by atoms with Gasteiger partial charge in [0.1, 0.15) is 18.0 Å². The van der Waals surface area contributed by atoms with Crippen LogP contribution in [0, 0.1) is 0 Å². The molecule has 6 nitrogen and oxygen atoms in total.